The third kappa shape index (κ3) is 4.75. The van der Waals surface area contributed by atoms with Crippen molar-refractivity contribution in [2.24, 2.45) is 0 Å². The summed E-state index contributed by atoms with van der Waals surface area (Å²) in [6.45, 7) is 5.17. The van der Waals surface area contributed by atoms with Crippen molar-refractivity contribution in [3.8, 4) is 5.75 Å². The smallest absolute Gasteiger partial charge is 0.275 e. The minimum absolute atomic E-state index is 0.0809. The minimum Gasteiger partial charge on any atom is -0.496 e. The molecule has 0 aromatic heterocycles. The van der Waals surface area contributed by atoms with Gasteiger partial charge in [0.15, 0.2) is 6.54 Å². The molecule has 2 N–H and O–H groups in total. The zero-order chi connectivity index (χ0) is 13.5. The molecule has 4 heteroatoms. The summed E-state index contributed by atoms with van der Waals surface area (Å²) in [7, 11) is 3.67. The monoisotopic (exact) mass is 251 g/mol. The summed E-state index contributed by atoms with van der Waals surface area (Å²) in [6.07, 6.45) is 0. The molecule has 0 bridgehead atoms. The average molecular weight is 251 g/mol. The SMILES string of the molecule is COc1ccccc1C[NH+](C)CC(=O)NC(C)C. The molecule has 100 valence electrons. The van der Waals surface area contributed by atoms with E-state index in [1.54, 1.807) is 7.11 Å². The van der Waals surface area contributed by atoms with Crippen LogP contribution in [0.4, 0.5) is 0 Å². The summed E-state index contributed by atoms with van der Waals surface area (Å²) in [5, 5.41) is 2.90. The van der Waals surface area contributed by atoms with E-state index in [0.717, 1.165) is 22.8 Å². The molecule has 0 fully saturated rings. The molecule has 1 aromatic carbocycles. The second-order valence-corrected chi connectivity index (χ2v) is 4.84. The van der Waals surface area contributed by atoms with Gasteiger partial charge in [0.2, 0.25) is 0 Å². The Morgan fingerprint density at radius 2 is 2.06 bits per heavy atom. The average Bonchev–Trinajstić information content (AvgIpc) is 2.28. The Morgan fingerprint density at radius 3 is 2.67 bits per heavy atom. The number of hydrogen-bond donors (Lipinski definition) is 2. The van der Waals surface area contributed by atoms with E-state index in [1.165, 1.54) is 0 Å². The molecule has 4 nitrogen and oxygen atoms in total. The van der Waals surface area contributed by atoms with Crippen LogP contribution in [0.15, 0.2) is 24.3 Å². The number of quaternary nitrogens is 1. The van der Waals surface area contributed by atoms with Crippen molar-refractivity contribution in [3.63, 3.8) is 0 Å². The van der Waals surface area contributed by atoms with E-state index in [0.29, 0.717) is 6.54 Å². The summed E-state index contributed by atoms with van der Waals surface area (Å²) >= 11 is 0. The zero-order valence-corrected chi connectivity index (χ0v) is 11.6. The molecular formula is C14H23N2O2+. The lowest BCUT2D eigenvalue weighted by atomic mass is 10.2. The number of nitrogens with one attached hydrogen (secondary N) is 2. The van der Waals surface area contributed by atoms with Gasteiger partial charge in [-0.2, -0.15) is 0 Å². The first-order chi connectivity index (χ1) is 8.52. The topological polar surface area (TPSA) is 42.8 Å². The Balaban J connectivity index is 2.54. The highest BCUT2D eigenvalue weighted by atomic mass is 16.5. The fourth-order valence-electron chi connectivity index (χ4n) is 1.88. The van der Waals surface area contributed by atoms with Crippen LogP contribution < -0.4 is 15.0 Å². The molecule has 1 unspecified atom stereocenters. The summed E-state index contributed by atoms with van der Waals surface area (Å²) < 4.78 is 5.30. The molecule has 1 rings (SSSR count). The largest absolute Gasteiger partial charge is 0.496 e. The fourth-order valence-corrected chi connectivity index (χ4v) is 1.88. The van der Waals surface area contributed by atoms with Gasteiger partial charge in [0.25, 0.3) is 5.91 Å². The highest BCUT2D eigenvalue weighted by molar-refractivity contribution is 5.77. The van der Waals surface area contributed by atoms with E-state index in [2.05, 4.69) is 5.32 Å². The molecule has 0 aliphatic heterocycles. The zero-order valence-electron chi connectivity index (χ0n) is 11.6. The lowest BCUT2D eigenvalue weighted by Crippen LogP contribution is -3.09. The highest BCUT2D eigenvalue weighted by Crippen LogP contribution is 2.15. The summed E-state index contributed by atoms with van der Waals surface area (Å²) in [6, 6.07) is 8.10. The van der Waals surface area contributed by atoms with Gasteiger partial charge in [-0.3, -0.25) is 4.79 Å². The number of rotatable bonds is 6. The van der Waals surface area contributed by atoms with Crippen molar-refractivity contribution in [2.45, 2.75) is 26.4 Å². The Morgan fingerprint density at radius 1 is 1.39 bits per heavy atom. The van der Waals surface area contributed by atoms with Gasteiger partial charge in [-0.25, -0.2) is 0 Å². The Kier molecular flexibility index (Phi) is 5.65. The van der Waals surface area contributed by atoms with E-state index >= 15 is 0 Å². The molecule has 1 amide bonds. The number of ether oxygens (including phenoxy) is 1. The van der Waals surface area contributed by atoms with E-state index in [-0.39, 0.29) is 11.9 Å². The van der Waals surface area contributed by atoms with Crippen LogP contribution in [0.25, 0.3) is 0 Å². The highest BCUT2D eigenvalue weighted by Gasteiger charge is 2.13. The van der Waals surface area contributed by atoms with Crippen LogP contribution in [0, 0.1) is 0 Å². The van der Waals surface area contributed by atoms with Gasteiger partial charge >= 0.3 is 0 Å². The van der Waals surface area contributed by atoms with Gasteiger partial charge in [0.05, 0.1) is 14.2 Å². The predicted molar refractivity (Wildman–Crippen MR) is 71.7 cm³/mol. The van der Waals surface area contributed by atoms with Crippen LogP contribution >= 0.6 is 0 Å². The standard InChI is InChI=1S/C14H22N2O2/c1-11(2)15-14(17)10-16(3)9-12-7-5-6-8-13(12)18-4/h5-8,11H,9-10H2,1-4H3,(H,15,17)/p+1. The lowest BCUT2D eigenvalue weighted by Gasteiger charge is -2.16. The van der Waals surface area contributed by atoms with Gasteiger partial charge < -0.3 is 15.0 Å². The molecule has 1 atom stereocenters. The molecule has 0 saturated carbocycles. The fraction of sp³-hybridized carbons (Fsp3) is 0.500. The number of likely N-dealkylation sites (N-methyl/N-ethyl adjacent to an activating group) is 1. The quantitative estimate of drug-likeness (QED) is 0.760. The van der Waals surface area contributed by atoms with E-state index in [9.17, 15) is 4.79 Å². The molecule has 0 radical (unpaired) electrons. The van der Waals surface area contributed by atoms with Gasteiger partial charge in [-0.05, 0) is 26.0 Å². The molecular weight excluding hydrogens is 228 g/mol. The van der Waals surface area contributed by atoms with Crippen LogP contribution in [0.5, 0.6) is 5.75 Å². The summed E-state index contributed by atoms with van der Waals surface area (Å²) in [5.74, 6) is 0.957. The van der Waals surface area contributed by atoms with Crippen molar-refractivity contribution in [2.75, 3.05) is 20.7 Å². The molecule has 0 saturated heterocycles. The van der Waals surface area contributed by atoms with E-state index < -0.39 is 0 Å². The first kappa shape index (κ1) is 14.5. The van der Waals surface area contributed by atoms with Crippen LogP contribution in [-0.2, 0) is 11.3 Å². The Hall–Kier alpha value is -1.55. The van der Waals surface area contributed by atoms with Gasteiger partial charge in [-0.1, -0.05) is 12.1 Å². The summed E-state index contributed by atoms with van der Waals surface area (Å²) in [5.41, 5.74) is 1.12. The Bertz CT molecular complexity index is 391. The van der Waals surface area contributed by atoms with Crippen molar-refractivity contribution in [1.82, 2.24) is 5.32 Å². The molecule has 0 aliphatic carbocycles. The first-order valence-electron chi connectivity index (χ1n) is 6.25. The van der Waals surface area contributed by atoms with Gasteiger partial charge in [0, 0.05) is 11.6 Å². The number of methoxy groups -OCH3 is 1. The summed E-state index contributed by atoms with van der Waals surface area (Å²) in [4.78, 5) is 12.8. The van der Waals surface area contributed by atoms with Crippen LogP contribution in [0.1, 0.15) is 19.4 Å². The van der Waals surface area contributed by atoms with Crippen molar-refractivity contribution >= 4 is 5.91 Å². The molecule has 0 aliphatic rings. The maximum atomic E-state index is 11.6. The van der Waals surface area contributed by atoms with Crippen molar-refractivity contribution < 1.29 is 14.4 Å². The number of carbonyl (C=O) groups is 1. The number of para-hydroxylation sites is 1. The minimum atomic E-state index is 0.0809. The maximum absolute atomic E-state index is 11.6. The number of hydrogen-bond acceptors (Lipinski definition) is 2. The second kappa shape index (κ2) is 7.01. The van der Waals surface area contributed by atoms with Gasteiger partial charge in [-0.15, -0.1) is 0 Å². The third-order valence-corrected chi connectivity index (χ3v) is 2.60. The maximum Gasteiger partial charge on any atom is 0.275 e. The number of carbonyl (C=O) groups excluding carboxylic acids is 1. The second-order valence-electron chi connectivity index (χ2n) is 4.84. The van der Waals surface area contributed by atoms with Crippen molar-refractivity contribution in [1.29, 1.82) is 0 Å². The van der Waals surface area contributed by atoms with Crippen LogP contribution in [-0.4, -0.2) is 32.7 Å². The van der Waals surface area contributed by atoms with Gasteiger partial charge in [0.1, 0.15) is 12.3 Å². The first-order valence-corrected chi connectivity index (χ1v) is 6.25. The lowest BCUT2D eigenvalue weighted by molar-refractivity contribution is -0.885. The normalized spacial score (nSPS) is 12.3. The van der Waals surface area contributed by atoms with Crippen LogP contribution in [0.3, 0.4) is 0 Å². The predicted octanol–water partition coefficient (Wildman–Crippen LogP) is 0.235. The van der Waals surface area contributed by atoms with Crippen LogP contribution in [0.2, 0.25) is 0 Å². The van der Waals surface area contributed by atoms with E-state index in [1.807, 2.05) is 45.2 Å². The number of benzene rings is 1. The molecule has 0 heterocycles. The Labute approximate surface area is 109 Å². The third-order valence-electron chi connectivity index (χ3n) is 2.60. The molecule has 1 aromatic rings. The van der Waals surface area contributed by atoms with E-state index in [4.69, 9.17) is 4.74 Å². The molecule has 18 heavy (non-hydrogen) atoms. The molecule has 0 spiro atoms. The number of amides is 1. The van der Waals surface area contributed by atoms with Crippen molar-refractivity contribution in [3.05, 3.63) is 29.8 Å².